The van der Waals surface area contributed by atoms with Crippen molar-refractivity contribution in [1.29, 1.82) is 0 Å². The van der Waals surface area contributed by atoms with Gasteiger partial charge in [-0.2, -0.15) is 0 Å². The molecule has 1 fully saturated rings. The second kappa shape index (κ2) is 6.20. The van der Waals surface area contributed by atoms with E-state index in [9.17, 15) is 4.79 Å². The molecule has 0 spiro atoms. The fourth-order valence-corrected chi connectivity index (χ4v) is 2.41. The number of nitrogens with zero attached hydrogens (tertiary/aromatic N) is 2. The van der Waals surface area contributed by atoms with E-state index >= 15 is 0 Å². The molecule has 2 rings (SSSR count). The molecule has 0 bridgehead atoms. The smallest absolute Gasteiger partial charge is 0.276 e. The van der Waals surface area contributed by atoms with Gasteiger partial charge in [-0.05, 0) is 18.8 Å². The third-order valence-corrected chi connectivity index (χ3v) is 3.53. The Morgan fingerprint density at radius 3 is 3.28 bits per heavy atom. The number of likely N-dealkylation sites (tertiary alicyclic amines) is 1. The Labute approximate surface area is 111 Å². The molecule has 1 aromatic heterocycles. The van der Waals surface area contributed by atoms with E-state index in [1.54, 1.807) is 18.1 Å². The van der Waals surface area contributed by atoms with Crippen molar-refractivity contribution in [1.82, 2.24) is 10.1 Å². The highest BCUT2D eigenvalue weighted by Crippen LogP contribution is 2.19. The van der Waals surface area contributed by atoms with E-state index in [-0.39, 0.29) is 5.91 Å². The summed E-state index contributed by atoms with van der Waals surface area (Å²) in [4.78, 5) is 14.0. The van der Waals surface area contributed by atoms with Crippen molar-refractivity contribution in [2.75, 3.05) is 26.1 Å². The summed E-state index contributed by atoms with van der Waals surface area (Å²) in [6.07, 6.45) is 2.08. The van der Waals surface area contributed by atoms with Crippen LogP contribution in [0, 0.1) is 5.92 Å². The van der Waals surface area contributed by atoms with Crippen LogP contribution in [0.5, 0.6) is 0 Å². The van der Waals surface area contributed by atoms with Crippen molar-refractivity contribution in [3.63, 3.8) is 0 Å². The molecule has 1 saturated heterocycles. The summed E-state index contributed by atoms with van der Waals surface area (Å²) in [5.74, 6) is 1.45. The predicted molar refractivity (Wildman–Crippen MR) is 66.6 cm³/mol. The number of rotatable bonds is 4. The lowest BCUT2D eigenvalue weighted by Gasteiger charge is -2.31. The first-order valence-corrected chi connectivity index (χ1v) is 6.57. The molecule has 1 unspecified atom stereocenters. The van der Waals surface area contributed by atoms with E-state index in [0.29, 0.717) is 36.4 Å². The number of aromatic nitrogens is 1. The molecule has 1 aromatic rings. The molecule has 0 radical (unpaired) electrons. The number of amides is 1. The van der Waals surface area contributed by atoms with Gasteiger partial charge in [-0.15, -0.1) is 11.6 Å². The molecule has 5 nitrogen and oxygen atoms in total. The van der Waals surface area contributed by atoms with Crippen LogP contribution in [0.4, 0.5) is 0 Å². The number of carbonyl (C=O) groups excluding carboxylic acids is 1. The maximum Gasteiger partial charge on any atom is 0.276 e. The lowest BCUT2D eigenvalue weighted by atomic mass is 10.00. The number of alkyl halides is 1. The fourth-order valence-electron chi connectivity index (χ4n) is 2.16. The Bertz CT molecular complexity index is 408. The molecule has 0 N–H and O–H groups in total. The highest BCUT2D eigenvalue weighted by Gasteiger charge is 2.25. The second-order valence-corrected chi connectivity index (χ2v) is 4.83. The van der Waals surface area contributed by atoms with Crippen LogP contribution in [0.25, 0.3) is 0 Å². The molecule has 0 aromatic carbocycles. The SMILES string of the molecule is COCc1cc(C(=O)N2CCCC(CCl)C2)no1. The van der Waals surface area contributed by atoms with Gasteiger partial charge in [-0.1, -0.05) is 5.16 Å². The van der Waals surface area contributed by atoms with Gasteiger partial charge in [0.2, 0.25) is 0 Å². The van der Waals surface area contributed by atoms with Crippen molar-refractivity contribution < 1.29 is 14.1 Å². The first kappa shape index (κ1) is 13.4. The Morgan fingerprint density at radius 1 is 1.72 bits per heavy atom. The maximum atomic E-state index is 12.2. The van der Waals surface area contributed by atoms with E-state index in [2.05, 4.69) is 5.16 Å². The molecule has 1 amide bonds. The molecule has 1 aliphatic rings. The number of methoxy groups -OCH3 is 1. The maximum absolute atomic E-state index is 12.2. The Morgan fingerprint density at radius 2 is 2.56 bits per heavy atom. The molecule has 1 atom stereocenters. The first-order valence-electron chi connectivity index (χ1n) is 6.04. The molecular weight excluding hydrogens is 256 g/mol. The third-order valence-electron chi connectivity index (χ3n) is 3.09. The Hall–Kier alpha value is -1.07. The molecule has 18 heavy (non-hydrogen) atoms. The van der Waals surface area contributed by atoms with Crippen molar-refractivity contribution in [3.05, 3.63) is 17.5 Å². The summed E-state index contributed by atoms with van der Waals surface area (Å²) in [5, 5.41) is 3.78. The summed E-state index contributed by atoms with van der Waals surface area (Å²) in [6, 6.07) is 1.64. The first-order chi connectivity index (χ1) is 8.74. The monoisotopic (exact) mass is 272 g/mol. The molecular formula is C12H17ClN2O3. The van der Waals surface area contributed by atoms with Crippen LogP contribution in [0.15, 0.2) is 10.6 Å². The van der Waals surface area contributed by atoms with Gasteiger partial charge in [-0.25, -0.2) is 0 Å². The molecule has 2 heterocycles. The summed E-state index contributed by atoms with van der Waals surface area (Å²) in [5.41, 5.74) is 0.345. The third kappa shape index (κ3) is 3.03. The highest BCUT2D eigenvalue weighted by molar-refractivity contribution is 6.18. The van der Waals surface area contributed by atoms with Crippen LogP contribution < -0.4 is 0 Å². The van der Waals surface area contributed by atoms with Crippen LogP contribution >= 0.6 is 11.6 Å². The van der Waals surface area contributed by atoms with Crippen LogP contribution in [0.3, 0.4) is 0 Å². The zero-order valence-electron chi connectivity index (χ0n) is 10.4. The Balaban J connectivity index is 2.00. The van der Waals surface area contributed by atoms with Gasteiger partial charge < -0.3 is 14.2 Å². The number of carbonyl (C=O) groups is 1. The van der Waals surface area contributed by atoms with E-state index in [1.165, 1.54) is 0 Å². The molecule has 100 valence electrons. The van der Waals surface area contributed by atoms with E-state index in [1.807, 2.05) is 0 Å². The highest BCUT2D eigenvalue weighted by atomic mass is 35.5. The molecule has 0 saturated carbocycles. The summed E-state index contributed by atoms with van der Waals surface area (Å²) < 4.78 is 9.95. The van der Waals surface area contributed by atoms with Gasteiger partial charge in [0.05, 0.1) is 0 Å². The van der Waals surface area contributed by atoms with Gasteiger partial charge in [-0.3, -0.25) is 4.79 Å². The summed E-state index contributed by atoms with van der Waals surface area (Å²) in [6.45, 7) is 1.79. The molecule has 0 aliphatic carbocycles. The second-order valence-electron chi connectivity index (χ2n) is 4.53. The number of halogens is 1. The minimum atomic E-state index is -0.0871. The van der Waals surface area contributed by atoms with Crippen LogP contribution in [-0.4, -0.2) is 42.0 Å². The van der Waals surface area contributed by atoms with Crippen LogP contribution in [-0.2, 0) is 11.3 Å². The van der Waals surface area contributed by atoms with Crippen molar-refractivity contribution >= 4 is 17.5 Å². The number of piperidine rings is 1. The standard InChI is InChI=1S/C12H17ClN2O3/c1-17-8-10-5-11(14-18-10)12(16)15-4-2-3-9(6-13)7-15/h5,9H,2-4,6-8H2,1H3. The zero-order chi connectivity index (χ0) is 13.0. The van der Waals surface area contributed by atoms with Gasteiger partial charge in [0.1, 0.15) is 6.61 Å². The van der Waals surface area contributed by atoms with E-state index < -0.39 is 0 Å². The zero-order valence-corrected chi connectivity index (χ0v) is 11.2. The van der Waals surface area contributed by atoms with Crippen molar-refractivity contribution in [3.8, 4) is 0 Å². The van der Waals surface area contributed by atoms with Gasteiger partial charge in [0.25, 0.3) is 5.91 Å². The van der Waals surface area contributed by atoms with Crippen molar-refractivity contribution in [2.45, 2.75) is 19.4 Å². The lowest BCUT2D eigenvalue weighted by Crippen LogP contribution is -2.40. The van der Waals surface area contributed by atoms with Gasteiger partial charge in [0, 0.05) is 32.1 Å². The van der Waals surface area contributed by atoms with Gasteiger partial charge in [0.15, 0.2) is 11.5 Å². The van der Waals surface area contributed by atoms with Crippen LogP contribution in [0.1, 0.15) is 29.1 Å². The Kier molecular flexibility index (Phi) is 4.60. The quantitative estimate of drug-likeness (QED) is 0.786. The number of hydrogen-bond donors (Lipinski definition) is 0. The minimum Gasteiger partial charge on any atom is -0.377 e. The summed E-state index contributed by atoms with van der Waals surface area (Å²) in [7, 11) is 1.57. The average Bonchev–Trinajstić information content (AvgIpc) is 2.87. The molecule has 1 aliphatic heterocycles. The minimum absolute atomic E-state index is 0.0871. The normalized spacial score (nSPS) is 20.1. The fraction of sp³-hybridized carbons (Fsp3) is 0.667. The lowest BCUT2D eigenvalue weighted by molar-refractivity contribution is 0.0674. The van der Waals surface area contributed by atoms with Gasteiger partial charge >= 0.3 is 0 Å². The van der Waals surface area contributed by atoms with Crippen LogP contribution in [0.2, 0.25) is 0 Å². The number of hydrogen-bond acceptors (Lipinski definition) is 4. The average molecular weight is 273 g/mol. The van der Waals surface area contributed by atoms with E-state index in [0.717, 1.165) is 19.4 Å². The van der Waals surface area contributed by atoms with Crippen molar-refractivity contribution in [2.24, 2.45) is 5.92 Å². The summed E-state index contributed by atoms with van der Waals surface area (Å²) >= 11 is 5.85. The van der Waals surface area contributed by atoms with E-state index in [4.69, 9.17) is 20.9 Å². The predicted octanol–water partition coefficient (Wildman–Crippen LogP) is 1.91. The number of ether oxygens (including phenoxy) is 1. The topological polar surface area (TPSA) is 55.6 Å². The largest absolute Gasteiger partial charge is 0.377 e. The molecule has 6 heteroatoms.